The maximum atomic E-state index is 8.63. The number of aromatic nitrogens is 1. The summed E-state index contributed by atoms with van der Waals surface area (Å²) < 4.78 is 5.77. The molecule has 98 valence electrons. The quantitative estimate of drug-likeness (QED) is 0.383. The number of ether oxygens (including phenoxy) is 1. The average molecular weight is 257 g/mol. The molecule has 0 aliphatic heterocycles. The summed E-state index contributed by atoms with van der Waals surface area (Å²) in [7, 11) is 0. The number of benzene rings is 1. The van der Waals surface area contributed by atoms with Gasteiger partial charge in [0.1, 0.15) is 17.2 Å². The Kier molecular flexibility index (Phi) is 3.66. The molecule has 0 amide bonds. The van der Waals surface area contributed by atoms with Crippen LogP contribution in [0.3, 0.4) is 0 Å². The van der Waals surface area contributed by atoms with E-state index in [-0.39, 0.29) is 5.84 Å². The fourth-order valence-electron chi connectivity index (χ4n) is 1.71. The number of oxime groups is 1. The lowest BCUT2D eigenvalue weighted by molar-refractivity contribution is 0.318. The molecule has 0 saturated heterocycles. The van der Waals surface area contributed by atoms with Crippen LogP contribution in [0, 0.1) is 13.8 Å². The van der Waals surface area contributed by atoms with Gasteiger partial charge in [0, 0.05) is 12.3 Å². The standard InChI is InChI=1S/C14H15N3O2/c1-9-3-4-13(10(2)7-9)19-11-5-6-16-12(8-11)14(15)17-18/h3-8,18H,1-2H3,(H2,15,17). The van der Waals surface area contributed by atoms with Gasteiger partial charge in [0.15, 0.2) is 5.84 Å². The highest BCUT2D eigenvalue weighted by molar-refractivity contribution is 5.95. The van der Waals surface area contributed by atoms with Gasteiger partial charge in [-0.2, -0.15) is 0 Å². The van der Waals surface area contributed by atoms with Crippen molar-refractivity contribution in [3.63, 3.8) is 0 Å². The van der Waals surface area contributed by atoms with E-state index in [0.29, 0.717) is 11.4 Å². The Morgan fingerprint density at radius 1 is 1.26 bits per heavy atom. The molecule has 0 spiro atoms. The van der Waals surface area contributed by atoms with Gasteiger partial charge in [0.25, 0.3) is 0 Å². The summed E-state index contributed by atoms with van der Waals surface area (Å²) in [6, 6.07) is 9.27. The predicted octanol–water partition coefficient (Wildman–Crippen LogP) is 2.59. The summed E-state index contributed by atoms with van der Waals surface area (Å²) in [6.07, 6.45) is 1.55. The smallest absolute Gasteiger partial charge is 0.188 e. The SMILES string of the molecule is Cc1ccc(Oc2ccnc(/C(N)=N/O)c2)c(C)c1. The molecule has 19 heavy (non-hydrogen) atoms. The summed E-state index contributed by atoms with van der Waals surface area (Å²) in [5.41, 5.74) is 8.08. The zero-order valence-corrected chi connectivity index (χ0v) is 10.8. The molecule has 0 atom stereocenters. The predicted molar refractivity (Wildman–Crippen MR) is 72.7 cm³/mol. The first-order chi connectivity index (χ1) is 9.10. The molecule has 0 aliphatic carbocycles. The second-order valence-corrected chi connectivity index (χ2v) is 4.23. The molecule has 1 aromatic heterocycles. The van der Waals surface area contributed by atoms with Crippen molar-refractivity contribution < 1.29 is 9.94 Å². The molecule has 0 fully saturated rings. The second-order valence-electron chi connectivity index (χ2n) is 4.23. The van der Waals surface area contributed by atoms with E-state index in [1.165, 1.54) is 5.56 Å². The van der Waals surface area contributed by atoms with Gasteiger partial charge in [-0.05, 0) is 31.5 Å². The van der Waals surface area contributed by atoms with Crippen LogP contribution in [0.2, 0.25) is 0 Å². The molecule has 0 radical (unpaired) electrons. The van der Waals surface area contributed by atoms with Crippen LogP contribution < -0.4 is 10.5 Å². The Bertz CT molecular complexity index is 624. The molecular weight excluding hydrogens is 242 g/mol. The van der Waals surface area contributed by atoms with Crippen molar-refractivity contribution in [3.05, 3.63) is 53.3 Å². The molecule has 0 aliphatic rings. The molecule has 0 unspecified atom stereocenters. The van der Waals surface area contributed by atoms with Crippen LogP contribution in [0.15, 0.2) is 41.7 Å². The third-order valence-electron chi connectivity index (χ3n) is 2.66. The highest BCUT2D eigenvalue weighted by atomic mass is 16.5. The van der Waals surface area contributed by atoms with Crippen molar-refractivity contribution in [1.82, 2.24) is 4.98 Å². The summed E-state index contributed by atoms with van der Waals surface area (Å²) >= 11 is 0. The van der Waals surface area contributed by atoms with E-state index >= 15 is 0 Å². The zero-order chi connectivity index (χ0) is 13.8. The van der Waals surface area contributed by atoms with Crippen LogP contribution in [0.4, 0.5) is 0 Å². The first kappa shape index (κ1) is 12.9. The summed E-state index contributed by atoms with van der Waals surface area (Å²) in [4.78, 5) is 3.99. The molecule has 1 heterocycles. The van der Waals surface area contributed by atoms with E-state index in [0.717, 1.165) is 11.3 Å². The monoisotopic (exact) mass is 257 g/mol. The fraction of sp³-hybridized carbons (Fsp3) is 0.143. The van der Waals surface area contributed by atoms with Crippen molar-refractivity contribution in [3.8, 4) is 11.5 Å². The van der Waals surface area contributed by atoms with Crippen molar-refractivity contribution in [2.24, 2.45) is 10.9 Å². The molecule has 5 nitrogen and oxygen atoms in total. The minimum absolute atomic E-state index is 0.0499. The maximum Gasteiger partial charge on any atom is 0.188 e. The van der Waals surface area contributed by atoms with Crippen molar-refractivity contribution >= 4 is 5.84 Å². The normalized spacial score (nSPS) is 11.4. The number of rotatable bonds is 3. The lowest BCUT2D eigenvalue weighted by atomic mass is 10.1. The van der Waals surface area contributed by atoms with E-state index < -0.39 is 0 Å². The summed E-state index contributed by atoms with van der Waals surface area (Å²) in [5.74, 6) is 1.30. The Balaban J connectivity index is 2.28. The van der Waals surface area contributed by atoms with Gasteiger partial charge >= 0.3 is 0 Å². The molecule has 2 aromatic rings. The Morgan fingerprint density at radius 3 is 2.74 bits per heavy atom. The largest absolute Gasteiger partial charge is 0.457 e. The molecule has 3 N–H and O–H groups in total. The van der Waals surface area contributed by atoms with Crippen molar-refractivity contribution in [2.75, 3.05) is 0 Å². The van der Waals surface area contributed by atoms with Gasteiger partial charge in [0.05, 0.1) is 0 Å². The number of nitrogens with two attached hydrogens (primary N) is 1. The van der Waals surface area contributed by atoms with E-state index in [4.69, 9.17) is 15.7 Å². The molecule has 0 bridgehead atoms. The van der Waals surface area contributed by atoms with Gasteiger partial charge in [-0.1, -0.05) is 22.9 Å². The Labute approximate surface area is 111 Å². The van der Waals surface area contributed by atoms with E-state index in [9.17, 15) is 0 Å². The average Bonchev–Trinajstić information content (AvgIpc) is 2.41. The van der Waals surface area contributed by atoms with E-state index in [1.807, 2.05) is 32.0 Å². The molecular formula is C14H15N3O2. The summed E-state index contributed by atoms with van der Waals surface area (Å²) in [5, 5.41) is 11.5. The van der Waals surface area contributed by atoms with Gasteiger partial charge in [-0.3, -0.25) is 4.98 Å². The number of aryl methyl sites for hydroxylation is 2. The van der Waals surface area contributed by atoms with Crippen LogP contribution in [-0.2, 0) is 0 Å². The highest BCUT2D eigenvalue weighted by Gasteiger charge is 2.05. The van der Waals surface area contributed by atoms with Crippen LogP contribution in [-0.4, -0.2) is 16.0 Å². The Morgan fingerprint density at radius 2 is 2.05 bits per heavy atom. The minimum atomic E-state index is -0.0499. The Hall–Kier alpha value is -2.56. The second kappa shape index (κ2) is 5.39. The maximum absolute atomic E-state index is 8.63. The van der Waals surface area contributed by atoms with Crippen LogP contribution >= 0.6 is 0 Å². The number of nitrogens with zero attached hydrogens (tertiary/aromatic N) is 2. The van der Waals surface area contributed by atoms with Gasteiger partial charge < -0.3 is 15.7 Å². The number of hydrogen-bond acceptors (Lipinski definition) is 4. The van der Waals surface area contributed by atoms with Gasteiger partial charge in [-0.25, -0.2) is 0 Å². The zero-order valence-electron chi connectivity index (χ0n) is 10.8. The third-order valence-corrected chi connectivity index (χ3v) is 2.66. The van der Waals surface area contributed by atoms with E-state index in [1.54, 1.807) is 18.3 Å². The molecule has 5 heteroatoms. The van der Waals surface area contributed by atoms with Gasteiger partial charge in [0.2, 0.25) is 0 Å². The topological polar surface area (TPSA) is 80.7 Å². The molecule has 0 saturated carbocycles. The van der Waals surface area contributed by atoms with Crippen LogP contribution in [0.25, 0.3) is 0 Å². The lowest BCUT2D eigenvalue weighted by Gasteiger charge is -2.09. The highest BCUT2D eigenvalue weighted by Crippen LogP contribution is 2.25. The minimum Gasteiger partial charge on any atom is -0.457 e. The first-order valence-electron chi connectivity index (χ1n) is 5.79. The van der Waals surface area contributed by atoms with Gasteiger partial charge in [-0.15, -0.1) is 0 Å². The lowest BCUT2D eigenvalue weighted by Crippen LogP contribution is -2.14. The number of amidine groups is 1. The van der Waals surface area contributed by atoms with E-state index in [2.05, 4.69) is 10.1 Å². The molecule has 1 aromatic carbocycles. The van der Waals surface area contributed by atoms with Crippen LogP contribution in [0.1, 0.15) is 16.8 Å². The number of hydrogen-bond donors (Lipinski definition) is 2. The first-order valence-corrected chi connectivity index (χ1v) is 5.79. The molecule has 2 rings (SSSR count). The fourth-order valence-corrected chi connectivity index (χ4v) is 1.71. The third kappa shape index (κ3) is 3.01. The van der Waals surface area contributed by atoms with Crippen LogP contribution in [0.5, 0.6) is 11.5 Å². The van der Waals surface area contributed by atoms with Crippen molar-refractivity contribution in [1.29, 1.82) is 0 Å². The summed E-state index contributed by atoms with van der Waals surface area (Å²) in [6.45, 7) is 4.01. The number of pyridine rings is 1. The van der Waals surface area contributed by atoms with Crippen molar-refractivity contribution in [2.45, 2.75) is 13.8 Å².